The summed E-state index contributed by atoms with van der Waals surface area (Å²) in [5, 5.41) is 0.943. The molecule has 0 saturated heterocycles. The average Bonchev–Trinajstić information content (AvgIpc) is 2.95. The third-order valence-corrected chi connectivity index (χ3v) is 6.65. The molecule has 1 aliphatic rings. The minimum absolute atomic E-state index is 0.0390. The summed E-state index contributed by atoms with van der Waals surface area (Å²) in [5.74, 6) is 0.512. The van der Waals surface area contributed by atoms with Crippen LogP contribution in [0, 0.1) is 5.82 Å². The van der Waals surface area contributed by atoms with Gasteiger partial charge in [0.1, 0.15) is 16.5 Å². The van der Waals surface area contributed by atoms with Crippen molar-refractivity contribution in [2.45, 2.75) is 17.7 Å². The van der Waals surface area contributed by atoms with E-state index in [0.717, 1.165) is 28.8 Å². The topological polar surface area (TPSA) is 68.3 Å². The highest BCUT2D eigenvalue weighted by Crippen LogP contribution is 2.38. The number of hydrogen-bond donors (Lipinski definition) is 1. The van der Waals surface area contributed by atoms with Crippen molar-refractivity contribution in [3.63, 3.8) is 0 Å². The minimum Gasteiger partial charge on any atom is -0.491 e. The maximum absolute atomic E-state index is 13.2. The first-order chi connectivity index (χ1) is 12.3. The van der Waals surface area contributed by atoms with Crippen LogP contribution in [0.5, 0.6) is 5.75 Å². The average molecular weight is 437 g/mol. The zero-order valence-corrected chi connectivity index (χ0v) is 16.1. The third-order valence-electron chi connectivity index (χ3n) is 4.29. The second-order valence-corrected chi connectivity index (χ2v) is 8.67. The lowest BCUT2D eigenvalue weighted by atomic mass is 9.99. The molecule has 0 fully saturated rings. The molecule has 0 bridgehead atoms. The lowest BCUT2D eigenvalue weighted by Crippen LogP contribution is -2.13. The molecule has 1 N–H and O–H groups in total. The SMILES string of the molecule is CC1COc2cnc3cc(NS(=O)(=O)c4ccc(F)cc4Br)ccc3c21. The Balaban J connectivity index is 1.73. The molecule has 134 valence electrons. The van der Waals surface area contributed by atoms with Crippen molar-refractivity contribution in [2.24, 2.45) is 0 Å². The number of hydrogen-bond acceptors (Lipinski definition) is 4. The van der Waals surface area contributed by atoms with Crippen molar-refractivity contribution in [3.8, 4) is 5.75 Å². The van der Waals surface area contributed by atoms with E-state index < -0.39 is 15.8 Å². The molecule has 2 heterocycles. The smallest absolute Gasteiger partial charge is 0.263 e. The first-order valence-electron chi connectivity index (χ1n) is 7.88. The summed E-state index contributed by atoms with van der Waals surface area (Å²) < 4.78 is 46.7. The van der Waals surface area contributed by atoms with Gasteiger partial charge in [0.05, 0.1) is 24.0 Å². The Kier molecular flexibility index (Phi) is 4.11. The van der Waals surface area contributed by atoms with E-state index in [2.05, 4.69) is 32.6 Å². The molecule has 0 saturated carbocycles. The molecule has 2 aromatic carbocycles. The van der Waals surface area contributed by atoms with Crippen LogP contribution in [0.2, 0.25) is 0 Å². The number of benzene rings is 2. The number of sulfonamides is 1. The van der Waals surface area contributed by atoms with Gasteiger partial charge < -0.3 is 4.74 Å². The van der Waals surface area contributed by atoms with Gasteiger partial charge in [0, 0.05) is 21.3 Å². The van der Waals surface area contributed by atoms with E-state index in [1.54, 1.807) is 18.3 Å². The van der Waals surface area contributed by atoms with Crippen LogP contribution >= 0.6 is 15.9 Å². The zero-order chi connectivity index (χ0) is 18.5. The number of fused-ring (bicyclic) bond motifs is 3. The van der Waals surface area contributed by atoms with Gasteiger partial charge in [-0.15, -0.1) is 0 Å². The van der Waals surface area contributed by atoms with E-state index in [1.807, 2.05) is 6.07 Å². The Morgan fingerprint density at radius 1 is 1.27 bits per heavy atom. The first-order valence-corrected chi connectivity index (χ1v) is 10.2. The summed E-state index contributed by atoms with van der Waals surface area (Å²) >= 11 is 3.09. The van der Waals surface area contributed by atoms with Gasteiger partial charge >= 0.3 is 0 Å². The van der Waals surface area contributed by atoms with Crippen molar-refractivity contribution >= 4 is 42.5 Å². The highest BCUT2D eigenvalue weighted by atomic mass is 79.9. The fraction of sp³-hybridized carbons (Fsp3) is 0.167. The van der Waals surface area contributed by atoms with Gasteiger partial charge in [0.2, 0.25) is 0 Å². The molecule has 4 rings (SSSR count). The lowest BCUT2D eigenvalue weighted by molar-refractivity contribution is 0.336. The molecule has 1 unspecified atom stereocenters. The fourth-order valence-corrected chi connectivity index (χ4v) is 5.19. The van der Waals surface area contributed by atoms with Crippen LogP contribution in [-0.4, -0.2) is 20.0 Å². The summed E-state index contributed by atoms with van der Waals surface area (Å²) in [6.45, 7) is 2.69. The van der Waals surface area contributed by atoms with E-state index in [0.29, 0.717) is 17.8 Å². The summed E-state index contributed by atoms with van der Waals surface area (Å²) in [7, 11) is -3.87. The number of ether oxygens (including phenoxy) is 1. The molecule has 5 nitrogen and oxygen atoms in total. The van der Waals surface area contributed by atoms with Gasteiger partial charge in [-0.1, -0.05) is 13.0 Å². The van der Waals surface area contributed by atoms with Crippen LogP contribution in [0.4, 0.5) is 10.1 Å². The number of halogens is 2. The van der Waals surface area contributed by atoms with Gasteiger partial charge in [-0.2, -0.15) is 0 Å². The predicted octanol–water partition coefficient (Wildman–Crippen LogP) is 4.43. The Morgan fingerprint density at radius 2 is 2.08 bits per heavy atom. The normalized spacial score (nSPS) is 16.3. The second kappa shape index (κ2) is 6.21. The molecule has 1 atom stereocenters. The van der Waals surface area contributed by atoms with Crippen LogP contribution in [0.3, 0.4) is 0 Å². The van der Waals surface area contributed by atoms with Crippen LogP contribution in [0.25, 0.3) is 10.9 Å². The lowest BCUT2D eigenvalue weighted by Gasteiger charge is -2.11. The molecule has 0 radical (unpaired) electrons. The van der Waals surface area contributed by atoms with Crippen molar-refractivity contribution in [3.05, 3.63) is 58.4 Å². The number of nitrogens with zero attached hydrogens (tertiary/aromatic N) is 1. The van der Waals surface area contributed by atoms with Gasteiger partial charge in [-0.3, -0.25) is 9.71 Å². The number of nitrogens with one attached hydrogen (secondary N) is 1. The molecule has 26 heavy (non-hydrogen) atoms. The van der Waals surface area contributed by atoms with Gasteiger partial charge in [0.25, 0.3) is 10.0 Å². The molecular weight excluding hydrogens is 423 g/mol. The first kappa shape index (κ1) is 17.2. The Bertz CT molecular complexity index is 1130. The zero-order valence-electron chi connectivity index (χ0n) is 13.7. The van der Waals surface area contributed by atoms with Gasteiger partial charge in [-0.05, 0) is 46.3 Å². The van der Waals surface area contributed by atoms with Crippen LogP contribution < -0.4 is 9.46 Å². The Morgan fingerprint density at radius 3 is 2.85 bits per heavy atom. The molecule has 1 aromatic heterocycles. The number of anilines is 1. The van der Waals surface area contributed by atoms with Crippen molar-refractivity contribution in [1.82, 2.24) is 4.98 Å². The van der Waals surface area contributed by atoms with E-state index in [1.165, 1.54) is 6.07 Å². The molecule has 0 spiro atoms. The summed E-state index contributed by atoms with van der Waals surface area (Å²) in [6, 6.07) is 8.63. The Hall–Kier alpha value is -2.19. The highest BCUT2D eigenvalue weighted by molar-refractivity contribution is 9.10. The van der Waals surface area contributed by atoms with E-state index in [9.17, 15) is 12.8 Å². The molecular formula is C18H14BrFN2O3S. The minimum atomic E-state index is -3.87. The standard InChI is InChI=1S/C18H14BrFN2O3S/c1-10-9-25-16-8-21-15-7-12(3-4-13(15)18(10)16)22-26(23,24)17-5-2-11(20)6-14(17)19/h2-8,10,22H,9H2,1H3. The van der Waals surface area contributed by atoms with Crippen molar-refractivity contribution in [2.75, 3.05) is 11.3 Å². The van der Waals surface area contributed by atoms with Gasteiger partial charge in [0.15, 0.2) is 0 Å². The van der Waals surface area contributed by atoms with Crippen molar-refractivity contribution < 1.29 is 17.5 Å². The van der Waals surface area contributed by atoms with E-state index in [-0.39, 0.29) is 15.3 Å². The third kappa shape index (κ3) is 2.93. The monoisotopic (exact) mass is 436 g/mol. The molecule has 8 heteroatoms. The predicted molar refractivity (Wildman–Crippen MR) is 101 cm³/mol. The molecule has 0 aliphatic carbocycles. The summed E-state index contributed by atoms with van der Waals surface area (Å²) in [5.41, 5.74) is 2.15. The maximum atomic E-state index is 13.2. The molecule has 0 amide bonds. The van der Waals surface area contributed by atoms with Crippen LogP contribution in [0.1, 0.15) is 18.4 Å². The molecule has 1 aliphatic heterocycles. The van der Waals surface area contributed by atoms with E-state index in [4.69, 9.17) is 4.74 Å². The van der Waals surface area contributed by atoms with Crippen LogP contribution in [0.15, 0.2) is 52.0 Å². The van der Waals surface area contributed by atoms with Crippen LogP contribution in [-0.2, 0) is 10.0 Å². The van der Waals surface area contributed by atoms with E-state index >= 15 is 0 Å². The van der Waals surface area contributed by atoms with Gasteiger partial charge in [-0.25, -0.2) is 12.8 Å². The number of pyridine rings is 1. The number of rotatable bonds is 3. The number of aromatic nitrogens is 1. The molecule has 3 aromatic rings. The quantitative estimate of drug-likeness (QED) is 0.658. The summed E-state index contributed by atoms with van der Waals surface area (Å²) in [6.07, 6.45) is 1.66. The second-order valence-electron chi connectivity index (χ2n) is 6.16. The maximum Gasteiger partial charge on any atom is 0.263 e. The van der Waals surface area contributed by atoms with Crippen molar-refractivity contribution in [1.29, 1.82) is 0 Å². The largest absolute Gasteiger partial charge is 0.491 e. The highest BCUT2D eigenvalue weighted by Gasteiger charge is 2.24. The summed E-state index contributed by atoms with van der Waals surface area (Å²) in [4.78, 5) is 4.32. The Labute approximate surface area is 158 Å². The fourth-order valence-electron chi connectivity index (χ4n) is 3.08.